The second-order valence-electron chi connectivity index (χ2n) is 6.70. The molecule has 1 amide bonds. The molecule has 1 N–H and O–H groups in total. The molecule has 0 atom stereocenters. The fourth-order valence-electron chi connectivity index (χ4n) is 2.95. The Morgan fingerprint density at radius 2 is 2.04 bits per heavy atom. The van der Waals surface area contributed by atoms with E-state index in [-0.39, 0.29) is 21.7 Å². The van der Waals surface area contributed by atoms with Gasteiger partial charge in [0.25, 0.3) is 5.91 Å². The molecule has 8 nitrogen and oxygen atoms in total. The van der Waals surface area contributed by atoms with Gasteiger partial charge in [0, 0.05) is 31.1 Å². The average molecular weight is 425 g/mol. The Balaban J connectivity index is 1.92. The fraction of sp³-hybridized carbons (Fsp3) is 0.389. The number of hydrogen-bond donors (Lipinski definition) is 1. The van der Waals surface area contributed by atoms with Crippen LogP contribution in [-0.2, 0) is 26.5 Å². The maximum atomic E-state index is 12.8. The lowest BCUT2D eigenvalue weighted by molar-refractivity contribution is -0.110. The minimum atomic E-state index is -3.48. The van der Waals surface area contributed by atoms with Crippen molar-refractivity contribution in [2.75, 3.05) is 11.6 Å². The van der Waals surface area contributed by atoms with Crippen LogP contribution in [0.1, 0.15) is 31.2 Å². The standard InChI is InChI=1S/C18H21ClN4O4S/c1-23-10-9-16(21-23)20-18(24)17(22-27-13-5-3-4-6-13)12-7-8-15(14(19)11-12)28(2,25)26/h7-11,13H,3-6H2,1-2H3,(H,20,21,24). The van der Waals surface area contributed by atoms with Crippen molar-refractivity contribution in [1.29, 1.82) is 0 Å². The van der Waals surface area contributed by atoms with Gasteiger partial charge in [-0.15, -0.1) is 0 Å². The van der Waals surface area contributed by atoms with Crippen molar-refractivity contribution in [3.63, 3.8) is 0 Å². The van der Waals surface area contributed by atoms with Gasteiger partial charge in [0.15, 0.2) is 21.4 Å². The molecule has 1 heterocycles. The van der Waals surface area contributed by atoms with Gasteiger partial charge < -0.3 is 10.2 Å². The molecule has 1 saturated carbocycles. The summed E-state index contributed by atoms with van der Waals surface area (Å²) in [4.78, 5) is 18.3. The van der Waals surface area contributed by atoms with Gasteiger partial charge >= 0.3 is 0 Å². The molecule has 1 aromatic heterocycles. The highest BCUT2D eigenvalue weighted by Crippen LogP contribution is 2.24. The number of carbonyl (C=O) groups excluding carboxylic acids is 1. The van der Waals surface area contributed by atoms with Gasteiger partial charge in [-0.3, -0.25) is 9.48 Å². The molecule has 0 radical (unpaired) electrons. The van der Waals surface area contributed by atoms with Gasteiger partial charge in [0.1, 0.15) is 6.10 Å². The zero-order valence-corrected chi connectivity index (χ0v) is 17.1. The Morgan fingerprint density at radius 3 is 2.61 bits per heavy atom. The van der Waals surface area contributed by atoms with Crippen molar-refractivity contribution in [1.82, 2.24) is 9.78 Å². The van der Waals surface area contributed by atoms with Crippen LogP contribution in [-0.4, -0.2) is 42.2 Å². The Hall–Kier alpha value is -2.39. The topological polar surface area (TPSA) is 103 Å². The highest BCUT2D eigenvalue weighted by molar-refractivity contribution is 7.90. The number of carbonyl (C=O) groups is 1. The van der Waals surface area contributed by atoms with E-state index in [9.17, 15) is 13.2 Å². The molecule has 2 aromatic rings. The Morgan fingerprint density at radius 1 is 1.32 bits per heavy atom. The van der Waals surface area contributed by atoms with Crippen LogP contribution >= 0.6 is 11.6 Å². The van der Waals surface area contributed by atoms with Crippen LogP contribution in [0.15, 0.2) is 40.5 Å². The normalized spacial score (nSPS) is 15.6. The molecular weight excluding hydrogens is 404 g/mol. The van der Waals surface area contributed by atoms with E-state index < -0.39 is 15.7 Å². The second-order valence-corrected chi connectivity index (χ2v) is 9.09. The number of aryl methyl sites for hydroxylation is 1. The number of oxime groups is 1. The minimum Gasteiger partial charge on any atom is -0.392 e. The SMILES string of the molecule is Cn1ccc(NC(=O)C(=NOC2CCCC2)c2ccc(S(C)(=O)=O)c(Cl)c2)n1. The zero-order valence-electron chi connectivity index (χ0n) is 15.6. The molecule has 1 fully saturated rings. The van der Waals surface area contributed by atoms with Crippen molar-refractivity contribution in [3.8, 4) is 0 Å². The van der Waals surface area contributed by atoms with Crippen molar-refractivity contribution >= 4 is 38.9 Å². The first-order valence-electron chi connectivity index (χ1n) is 8.79. The summed E-state index contributed by atoms with van der Waals surface area (Å²) >= 11 is 6.13. The maximum absolute atomic E-state index is 12.8. The largest absolute Gasteiger partial charge is 0.392 e. The van der Waals surface area contributed by atoms with Crippen molar-refractivity contribution in [3.05, 3.63) is 41.0 Å². The zero-order chi connectivity index (χ0) is 20.3. The molecule has 1 aliphatic rings. The third kappa shape index (κ3) is 4.90. The summed E-state index contributed by atoms with van der Waals surface area (Å²) in [5.74, 6) is -0.167. The van der Waals surface area contributed by atoms with E-state index in [4.69, 9.17) is 16.4 Å². The molecule has 0 aliphatic heterocycles. The summed E-state index contributed by atoms with van der Waals surface area (Å²) in [5.41, 5.74) is 0.350. The van der Waals surface area contributed by atoms with Gasteiger partial charge in [0.2, 0.25) is 0 Å². The number of nitrogens with one attached hydrogen (secondary N) is 1. The highest BCUT2D eigenvalue weighted by atomic mass is 35.5. The first kappa shape index (κ1) is 20.3. The lowest BCUT2D eigenvalue weighted by atomic mass is 10.1. The monoisotopic (exact) mass is 424 g/mol. The van der Waals surface area contributed by atoms with Crippen molar-refractivity contribution < 1.29 is 18.0 Å². The molecule has 1 aromatic carbocycles. The van der Waals surface area contributed by atoms with Gasteiger partial charge in [-0.05, 0) is 37.8 Å². The first-order valence-corrected chi connectivity index (χ1v) is 11.1. The summed E-state index contributed by atoms with van der Waals surface area (Å²) in [5, 5.41) is 10.9. The number of hydrogen-bond acceptors (Lipinski definition) is 6. The molecule has 0 bridgehead atoms. The molecule has 150 valence electrons. The molecule has 28 heavy (non-hydrogen) atoms. The van der Waals surface area contributed by atoms with E-state index in [1.807, 2.05) is 0 Å². The molecule has 1 aliphatic carbocycles. The Kier molecular flexibility index (Phi) is 6.04. The summed E-state index contributed by atoms with van der Waals surface area (Å²) in [6.45, 7) is 0. The van der Waals surface area contributed by atoms with E-state index in [0.717, 1.165) is 31.9 Å². The number of amides is 1. The Bertz CT molecular complexity index is 1010. The number of nitrogens with zero attached hydrogens (tertiary/aromatic N) is 3. The van der Waals surface area contributed by atoms with Gasteiger partial charge in [-0.25, -0.2) is 8.42 Å². The van der Waals surface area contributed by atoms with E-state index >= 15 is 0 Å². The quantitative estimate of drug-likeness (QED) is 0.567. The number of benzene rings is 1. The first-order chi connectivity index (χ1) is 13.2. The average Bonchev–Trinajstić information content (AvgIpc) is 3.26. The van der Waals surface area contributed by atoms with Crippen LogP contribution < -0.4 is 5.32 Å². The Labute approximate surface area is 168 Å². The van der Waals surface area contributed by atoms with Crippen LogP contribution in [0.3, 0.4) is 0 Å². The van der Waals surface area contributed by atoms with Crippen molar-refractivity contribution in [2.24, 2.45) is 12.2 Å². The molecule has 0 unspecified atom stereocenters. The smallest absolute Gasteiger partial charge is 0.279 e. The fourth-order valence-corrected chi connectivity index (χ4v) is 4.28. The number of aromatic nitrogens is 2. The summed E-state index contributed by atoms with van der Waals surface area (Å²) in [6.07, 6.45) is 6.61. The molecular formula is C18H21ClN4O4S. The van der Waals surface area contributed by atoms with Crippen LogP contribution in [0.5, 0.6) is 0 Å². The van der Waals surface area contributed by atoms with Gasteiger partial charge in [0.05, 0.1) is 9.92 Å². The number of rotatable bonds is 6. The van der Waals surface area contributed by atoms with Crippen molar-refractivity contribution in [2.45, 2.75) is 36.7 Å². The van der Waals surface area contributed by atoms with Crippen LogP contribution in [0.4, 0.5) is 5.82 Å². The molecule has 0 saturated heterocycles. The number of sulfone groups is 1. The maximum Gasteiger partial charge on any atom is 0.279 e. The predicted octanol–water partition coefficient (Wildman–Crippen LogP) is 2.78. The molecule has 10 heteroatoms. The predicted molar refractivity (Wildman–Crippen MR) is 106 cm³/mol. The van der Waals surface area contributed by atoms with Gasteiger partial charge in [-0.1, -0.05) is 22.8 Å². The third-order valence-corrected chi connectivity index (χ3v) is 5.95. The molecule has 0 spiro atoms. The lowest BCUT2D eigenvalue weighted by Crippen LogP contribution is -2.25. The number of anilines is 1. The van der Waals surface area contributed by atoms with Crippen LogP contribution in [0.2, 0.25) is 5.02 Å². The van der Waals surface area contributed by atoms with Crippen LogP contribution in [0.25, 0.3) is 0 Å². The summed E-state index contributed by atoms with van der Waals surface area (Å²) < 4.78 is 25.1. The van der Waals surface area contributed by atoms with E-state index in [1.54, 1.807) is 24.0 Å². The second kappa shape index (κ2) is 8.32. The summed E-state index contributed by atoms with van der Waals surface area (Å²) in [6, 6.07) is 5.88. The highest BCUT2D eigenvalue weighted by Gasteiger charge is 2.22. The molecule has 3 rings (SSSR count). The lowest BCUT2D eigenvalue weighted by Gasteiger charge is -2.11. The van der Waals surface area contributed by atoms with E-state index in [0.29, 0.717) is 11.4 Å². The van der Waals surface area contributed by atoms with E-state index in [2.05, 4.69) is 15.6 Å². The van der Waals surface area contributed by atoms with Gasteiger partial charge in [-0.2, -0.15) is 5.10 Å². The van der Waals surface area contributed by atoms with Crippen LogP contribution in [0, 0.1) is 0 Å². The minimum absolute atomic E-state index is 0.000459. The third-order valence-electron chi connectivity index (χ3n) is 4.37. The summed E-state index contributed by atoms with van der Waals surface area (Å²) in [7, 11) is -1.75. The number of halogens is 1. The van der Waals surface area contributed by atoms with E-state index in [1.165, 1.54) is 18.2 Å².